The first-order chi connectivity index (χ1) is 37.7. The predicted molar refractivity (Wildman–Crippen MR) is 292 cm³/mol. The van der Waals surface area contributed by atoms with Crippen LogP contribution in [0.25, 0.3) is 43.1 Å². The van der Waals surface area contributed by atoms with E-state index in [2.05, 4.69) is 21.3 Å². The molecule has 0 fully saturated rings. The number of rotatable bonds is 12. The number of benzene rings is 10. The van der Waals surface area contributed by atoms with E-state index in [1.54, 1.807) is 48.5 Å². The van der Waals surface area contributed by atoms with Crippen molar-refractivity contribution in [3.8, 4) is 0 Å². The Kier molecular flexibility index (Phi) is 19.0. The van der Waals surface area contributed by atoms with Crippen molar-refractivity contribution in [3.05, 3.63) is 216 Å². The van der Waals surface area contributed by atoms with Crippen LogP contribution in [0.3, 0.4) is 0 Å². The van der Waals surface area contributed by atoms with E-state index in [0.717, 1.165) is 0 Å². The Morgan fingerprint density at radius 2 is 0.463 bits per heavy atom. The molecule has 4 N–H and O–H groups in total. The van der Waals surface area contributed by atoms with Gasteiger partial charge in [-0.3, -0.25) is 19.2 Å². The fourth-order valence-electron chi connectivity index (χ4n) is 8.25. The van der Waals surface area contributed by atoms with Gasteiger partial charge in [0.2, 0.25) is 0 Å². The first-order valence-corrected chi connectivity index (χ1v) is 28.8. The molecule has 10 rings (SSSR count). The number of fused-ring (bicyclic) bond motifs is 4. The first-order valence-electron chi connectivity index (χ1n) is 23.2. The fraction of sp³-hybridized carbons (Fsp3) is 0. The number of hydrogen-bond donors (Lipinski definition) is 4. The van der Waals surface area contributed by atoms with E-state index >= 15 is 0 Å². The van der Waals surface area contributed by atoms with Crippen molar-refractivity contribution in [3.63, 3.8) is 0 Å². The number of hydrogen-bond acceptors (Lipinski definition) is 16. The third-order valence-electron chi connectivity index (χ3n) is 12.2. The largest absolute Gasteiger partial charge is 3.00 e. The van der Waals surface area contributed by atoms with E-state index < -0.39 is 64.1 Å². The van der Waals surface area contributed by atoms with Crippen LogP contribution in [0.2, 0.25) is 0 Å². The second kappa shape index (κ2) is 25.0. The van der Waals surface area contributed by atoms with Crippen LogP contribution in [-0.2, 0) is 66.3 Å². The Hall–Kier alpha value is -7.37. The van der Waals surface area contributed by atoms with Crippen molar-refractivity contribution in [1.82, 2.24) is 0 Å². The van der Waals surface area contributed by atoms with Gasteiger partial charge in [0.1, 0.15) is 40.5 Å². The van der Waals surface area contributed by atoms with E-state index in [-0.39, 0.29) is 97.2 Å². The zero-order valence-electron chi connectivity index (χ0n) is 42.2. The molecule has 10 aromatic rings. The van der Waals surface area contributed by atoms with Crippen molar-refractivity contribution in [1.29, 1.82) is 0 Å². The van der Waals surface area contributed by atoms with Gasteiger partial charge in [-0.15, -0.1) is 0 Å². The van der Waals surface area contributed by atoms with Crippen molar-refractivity contribution in [2.75, 3.05) is 21.3 Å². The van der Waals surface area contributed by atoms with Crippen LogP contribution in [-0.4, -0.2) is 75.5 Å². The van der Waals surface area contributed by atoms with E-state index in [1.165, 1.54) is 146 Å². The first kappa shape index (κ1) is 62.2. The monoisotopic (exact) mass is 1220 g/mol. The summed E-state index contributed by atoms with van der Waals surface area (Å²) in [7, 11) is -18.6. The van der Waals surface area contributed by atoms with Gasteiger partial charge in [0.05, 0.1) is 19.6 Å². The molecular formula is C56H36N4NaO16S4Sc. The molecule has 4 amide bonds. The van der Waals surface area contributed by atoms with E-state index in [1.807, 2.05) is 0 Å². The molecule has 0 atom stereocenters. The molecule has 0 unspecified atom stereocenters. The summed E-state index contributed by atoms with van der Waals surface area (Å²) in [5, 5.41) is 15.2. The summed E-state index contributed by atoms with van der Waals surface area (Å²) in [5.74, 6) is -2.12. The van der Waals surface area contributed by atoms with Gasteiger partial charge in [0, 0.05) is 45.0 Å². The van der Waals surface area contributed by atoms with Gasteiger partial charge in [-0.25, -0.2) is 33.7 Å². The average Bonchev–Trinajstić information content (AvgIpc) is 3.41. The summed E-state index contributed by atoms with van der Waals surface area (Å²) in [6.45, 7) is 0. The summed E-state index contributed by atoms with van der Waals surface area (Å²) >= 11 is 0. The maximum absolute atomic E-state index is 12.9. The van der Waals surface area contributed by atoms with Crippen molar-refractivity contribution in [2.45, 2.75) is 19.6 Å². The second-order valence-corrected chi connectivity index (χ2v) is 23.2. The fourth-order valence-corrected chi connectivity index (χ4v) is 10.3. The second-order valence-electron chi connectivity index (χ2n) is 17.7. The molecule has 404 valence electrons. The molecule has 0 heterocycles. The Bertz CT molecular complexity index is 4140. The molecule has 0 aliphatic heterocycles. The molecule has 26 heteroatoms. The van der Waals surface area contributed by atoms with Crippen LogP contribution >= 0.6 is 0 Å². The quantitative estimate of drug-likeness (QED) is 0.0852. The molecule has 0 bridgehead atoms. The van der Waals surface area contributed by atoms with Gasteiger partial charge in [0.25, 0.3) is 23.6 Å². The predicted octanol–water partition coefficient (Wildman–Crippen LogP) is 5.61. The maximum Gasteiger partial charge on any atom is 3.00 e. The number of nitrogens with one attached hydrogen (secondary N) is 4. The molecule has 82 heavy (non-hydrogen) atoms. The SMILES string of the molecule is O=C(Nc1ccc2ccc(S(=O)(=O)[O-])cc2c1)c1cccc(C(=O)Nc2ccc3ccc(S(=O)(=O)[O-])cc3c2)c1.O=C(Nc1ccc2ccc(S(=O)(=O)[O-])cc2c1)c1cccc(C(=O)Nc2ccc3ccc(S(=O)(=O)[O-])cc3c2)c1.[Na+].[Sc+3]. The standard InChI is InChI=1S/2C28H20N2O8S2.Na.Sc/c2*31-27(29-23-8-4-17-6-10-25(39(33,34)35)15-21(17)13-23)19-2-1-3-20(12-19)28(32)30-24-9-5-18-7-11-26(40(36,37)38)16-22(18)14-24;;/h2*1-16H,(H,29,31)(H,30,32)(H,33,34,35)(H,36,37,38);;/q;;+1;+3/p-4. The third-order valence-corrected chi connectivity index (χ3v) is 15.5. The van der Waals surface area contributed by atoms with Crippen LogP contribution in [0, 0.1) is 0 Å². The molecule has 0 radical (unpaired) electrons. The topological polar surface area (TPSA) is 345 Å². The maximum atomic E-state index is 12.9. The minimum Gasteiger partial charge on any atom is -0.744 e. The molecule has 20 nitrogen and oxygen atoms in total. The molecule has 0 aliphatic carbocycles. The molecule has 0 saturated carbocycles. The van der Waals surface area contributed by atoms with Crippen LogP contribution < -0.4 is 50.8 Å². The summed E-state index contributed by atoms with van der Waals surface area (Å²) in [6.07, 6.45) is 0. The molecule has 0 spiro atoms. The van der Waals surface area contributed by atoms with Crippen molar-refractivity contribution >= 4 is 130 Å². The minimum absolute atomic E-state index is 0. The van der Waals surface area contributed by atoms with E-state index in [0.29, 0.717) is 65.8 Å². The number of anilines is 4. The molecule has 0 aromatic heterocycles. The van der Waals surface area contributed by atoms with Gasteiger partial charge in [-0.1, -0.05) is 60.7 Å². The number of carbonyl (C=O) groups is 4. The summed E-state index contributed by atoms with van der Waals surface area (Å²) < 4.78 is 136. The molecule has 0 aliphatic rings. The van der Waals surface area contributed by atoms with Crippen LogP contribution in [0.5, 0.6) is 0 Å². The molecular weight excluding hydrogens is 1180 g/mol. The minimum atomic E-state index is -4.64. The Labute approximate surface area is 509 Å². The third kappa shape index (κ3) is 15.2. The van der Waals surface area contributed by atoms with Crippen LogP contribution in [0.15, 0.2) is 214 Å². The Morgan fingerprint density at radius 1 is 0.268 bits per heavy atom. The van der Waals surface area contributed by atoms with E-state index in [4.69, 9.17) is 0 Å². The summed E-state index contributed by atoms with van der Waals surface area (Å²) in [6, 6.07) is 46.8. The average molecular weight is 1220 g/mol. The van der Waals surface area contributed by atoms with Crippen LogP contribution in [0.1, 0.15) is 41.4 Å². The molecule has 10 aromatic carbocycles. The zero-order valence-corrected chi connectivity index (χ0v) is 49.3. The Balaban J connectivity index is 0.000000230. The van der Waals surface area contributed by atoms with Crippen LogP contribution in [0.4, 0.5) is 22.7 Å². The van der Waals surface area contributed by atoms with E-state index in [9.17, 15) is 71.1 Å². The van der Waals surface area contributed by atoms with Gasteiger partial charge < -0.3 is 39.5 Å². The molecule has 0 saturated heterocycles. The van der Waals surface area contributed by atoms with Gasteiger partial charge in [-0.05, 0) is 177 Å². The summed E-state index contributed by atoms with van der Waals surface area (Å²) in [4.78, 5) is 50.1. The van der Waals surface area contributed by atoms with Gasteiger partial charge >= 0.3 is 55.4 Å². The summed E-state index contributed by atoms with van der Waals surface area (Å²) in [5.41, 5.74) is 2.10. The normalized spacial score (nSPS) is 11.6. The van der Waals surface area contributed by atoms with Gasteiger partial charge in [0.15, 0.2) is 0 Å². The van der Waals surface area contributed by atoms with Crippen molar-refractivity contribution < 1.29 is 126 Å². The zero-order chi connectivity index (χ0) is 57.3. The smallest absolute Gasteiger partial charge is 0.744 e. The number of carbonyl (C=O) groups excluding carboxylic acids is 4. The number of amides is 4. The van der Waals surface area contributed by atoms with Gasteiger partial charge in [-0.2, -0.15) is 0 Å². The van der Waals surface area contributed by atoms with Crippen molar-refractivity contribution in [2.24, 2.45) is 0 Å². The Morgan fingerprint density at radius 3 is 0.659 bits per heavy atom.